The van der Waals surface area contributed by atoms with Crippen molar-refractivity contribution in [2.24, 2.45) is 0 Å². The first-order chi connectivity index (χ1) is 11.7. The zero-order chi connectivity index (χ0) is 16.9. The molecule has 1 unspecified atom stereocenters. The fourth-order valence-corrected chi connectivity index (χ4v) is 3.54. The fourth-order valence-electron chi connectivity index (χ4n) is 3.54. The maximum Gasteiger partial charge on any atom is 0.223 e. The molecule has 0 radical (unpaired) electrons. The smallest absolute Gasteiger partial charge is 0.223 e. The van der Waals surface area contributed by atoms with Crippen LogP contribution in [-0.2, 0) is 17.6 Å². The predicted octanol–water partition coefficient (Wildman–Crippen LogP) is 3.76. The molecular weight excluding hydrogens is 302 g/mol. The van der Waals surface area contributed by atoms with E-state index < -0.39 is 0 Å². The van der Waals surface area contributed by atoms with Crippen molar-refractivity contribution in [1.29, 1.82) is 0 Å². The standard InChI is InChI=1S/C20H25NO3/c1-15-13-16(7-9-19(15)23-2)14-17-5-3-11-21(17)20(22)10-8-18-6-4-12-24-18/h4,6-7,9,12-13,17H,3,5,8,10-11,14H2,1-2H3. The van der Waals surface area contributed by atoms with Gasteiger partial charge in [0.15, 0.2) is 0 Å². The third-order valence-corrected chi connectivity index (χ3v) is 4.79. The molecule has 0 spiro atoms. The molecule has 1 aliphatic heterocycles. The first-order valence-electron chi connectivity index (χ1n) is 8.62. The van der Waals surface area contributed by atoms with Crippen molar-refractivity contribution in [2.45, 2.75) is 45.1 Å². The summed E-state index contributed by atoms with van der Waals surface area (Å²) in [6.45, 7) is 2.93. The van der Waals surface area contributed by atoms with E-state index in [0.717, 1.165) is 42.9 Å². The molecular formula is C20H25NO3. The summed E-state index contributed by atoms with van der Waals surface area (Å²) in [7, 11) is 1.69. The number of hydrogen-bond acceptors (Lipinski definition) is 3. The molecule has 1 aromatic carbocycles. The molecule has 1 fully saturated rings. The SMILES string of the molecule is COc1ccc(CC2CCCN2C(=O)CCc2ccco2)cc1C. The normalized spacial score (nSPS) is 17.2. The summed E-state index contributed by atoms with van der Waals surface area (Å²) >= 11 is 0. The van der Waals surface area contributed by atoms with E-state index in [4.69, 9.17) is 9.15 Å². The number of furan rings is 1. The second-order valence-electron chi connectivity index (χ2n) is 6.47. The Labute approximate surface area is 143 Å². The Kier molecular flexibility index (Phi) is 5.24. The van der Waals surface area contributed by atoms with Crippen LogP contribution in [0.2, 0.25) is 0 Å². The average molecular weight is 327 g/mol. The monoisotopic (exact) mass is 327 g/mol. The minimum absolute atomic E-state index is 0.235. The van der Waals surface area contributed by atoms with Crippen molar-refractivity contribution in [1.82, 2.24) is 4.90 Å². The summed E-state index contributed by atoms with van der Waals surface area (Å²) in [5, 5.41) is 0. The lowest BCUT2D eigenvalue weighted by Gasteiger charge is -2.25. The summed E-state index contributed by atoms with van der Waals surface area (Å²) < 4.78 is 10.6. The van der Waals surface area contributed by atoms with Gasteiger partial charge in [0.25, 0.3) is 0 Å². The van der Waals surface area contributed by atoms with Crippen molar-refractivity contribution < 1.29 is 13.9 Å². The Hall–Kier alpha value is -2.23. The third kappa shape index (κ3) is 3.81. The molecule has 0 saturated carbocycles. The van der Waals surface area contributed by atoms with Gasteiger partial charge in [-0.25, -0.2) is 0 Å². The summed E-state index contributed by atoms with van der Waals surface area (Å²) in [5.74, 6) is 2.03. The number of nitrogens with zero attached hydrogens (tertiary/aromatic N) is 1. The molecule has 0 aliphatic carbocycles. The zero-order valence-electron chi connectivity index (χ0n) is 14.5. The van der Waals surface area contributed by atoms with Gasteiger partial charge in [-0.3, -0.25) is 4.79 Å². The Bertz CT molecular complexity index is 678. The molecule has 0 bridgehead atoms. The van der Waals surface area contributed by atoms with Crippen LogP contribution in [0.1, 0.15) is 36.1 Å². The largest absolute Gasteiger partial charge is 0.496 e. The number of carbonyl (C=O) groups is 1. The van der Waals surface area contributed by atoms with E-state index in [1.165, 1.54) is 5.56 Å². The Morgan fingerprint density at radius 3 is 2.96 bits per heavy atom. The van der Waals surface area contributed by atoms with Crippen LogP contribution in [-0.4, -0.2) is 30.5 Å². The lowest BCUT2D eigenvalue weighted by molar-refractivity contribution is -0.132. The van der Waals surface area contributed by atoms with Gasteiger partial charge in [0.1, 0.15) is 11.5 Å². The second-order valence-corrected chi connectivity index (χ2v) is 6.47. The summed E-state index contributed by atoms with van der Waals surface area (Å²) in [6.07, 6.45) is 5.94. The van der Waals surface area contributed by atoms with Crippen molar-refractivity contribution >= 4 is 5.91 Å². The van der Waals surface area contributed by atoms with E-state index in [2.05, 4.69) is 24.0 Å². The molecule has 1 saturated heterocycles. The highest BCUT2D eigenvalue weighted by Gasteiger charge is 2.28. The van der Waals surface area contributed by atoms with Gasteiger partial charge in [-0.2, -0.15) is 0 Å². The molecule has 1 atom stereocenters. The van der Waals surface area contributed by atoms with Crippen molar-refractivity contribution in [2.75, 3.05) is 13.7 Å². The number of carbonyl (C=O) groups excluding carboxylic acids is 1. The van der Waals surface area contributed by atoms with E-state index in [9.17, 15) is 4.79 Å². The summed E-state index contributed by atoms with van der Waals surface area (Å²) in [5.41, 5.74) is 2.41. The number of hydrogen-bond donors (Lipinski definition) is 0. The minimum Gasteiger partial charge on any atom is -0.496 e. The van der Waals surface area contributed by atoms with E-state index in [0.29, 0.717) is 18.9 Å². The van der Waals surface area contributed by atoms with Crippen LogP contribution in [0.15, 0.2) is 41.0 Å². The zero-order valence-corrected chi connectivity index (χ0v) is 14.5. The highest BCUT2D eigenvalue weighted by Crippen LogP contribution is 2.25. The molecule has 128 valence electrons. The van der Waals surface area contributed by atoms with Gasteiger partial charge < -0.3 is 14.1 Å². The maximum atomic E-state index is 12.6. The Morgan fingerprint density at radius 1 is 1.38 bits per heavy atom. The molecule has 2 heterocycles. The van der Waals surface area contributed by atoms with Crippen LogP contribution in [0.25, 0.3) is 0 Å². The number of ether oxygens (including phenoxy) is 1. The lowest BCUT2D eigenvalue weighted by Crippen LogP contribution is -2.36. The van der Waals surface area contributed by atoms with Gasteiger partial charge in [-0.15, -0.1) is 0 Å². The second kappa shape index (κ2) is 7.56. The predicted molar refractivity (Wildman–Crippen MR) is 93.2 cm³/mol. The average Bonchev–Trinajstić information content (AvgIpc) is 3.24. The van der Waals surface area contributed by atoms with Crippen molar-refractivity contribution in [3.63, 3.8) is 0 Å². The molecule has 0 N–H and O–H groups in total. The van der Waals surface area contributed by atoms with Gasteiger partial charge in [0, 0.05) is 25.4 Å². The van der Waals surface area contributed by atoms with Gasteiger partial charge in [0.2, 0.25) is 5.91 Å². The highest BCUT2D eigenvalue weighted by molar-refractivity contribution is 5.77. The number of benzene rings is 1. The molecule has 2 aromatic rings. The quantitative estimate of drug-likeness (QED) is 0.811. The van der Waals surface area contributed by atoms with E-state index in [1.807, 2.05) is 18.2 Å². The number of aryl methyl sites for hydroxylation is 2. The van der Waals surface area contributed by atoms with Crippen LogP contribution in [0.5, 0.6) is 5.75 Å². The molecule has 4 heteroatoms. The van der Waals surface area contributed by atoms with Crippen molar-refractivity contribution in [3.05, 3.63) is 53.5 Å². The Balaban J connectivity index is 1.60. The Morgan fingerprint density at radius 2 is 2.25 bits per heavy atom. The lowest BCUT2D eigenvalue weighted by atomic mass is 10.0. The molecule has 3 rings (SSSR count). The van der Waals surface area contributed by atoms with Gasteiger partial charge >= 0.3 is 0 Å². The van der Waals surface area contributed by atoms with Crippen LogP contribution in [0.3, 0.4) is 0 Å². The van der Waals surface area contributed by atoms with Crippen LogP contribution in [0.4, 0.5) is 0 Å². The number of amides is 1. The molecule has 24 heavy (non-hydrogen) atoms. The van der Waals surface area contributed by atoms with Gasteiger partial charge in [0.05, 0.1) is 13.4 Å². The van der Waals surface area contributed by atoms with Gasteiger partial charge in [-0.1, -0.05) is 12.1 Å². The van der Waals surface area contributed by atoms with Crippen LogP contribution < -0.4 is 4.74 Å². The summed E-state index contributed by atoms with van der Waals surface area (Å²) in [4.78, 5) is 14.6. The molecule has 1 aliphatic rings. The fraction of sp³-hybridized carbons (Fsp3) is 0.450. The topological polar surface area (TPSA) is 42.7 Å². The maximum absolute atomic E-state index is 12.6. The highest BCUT2D eigenvalue weighted by atomic mass is 16.5. The number of rotatable bonds is 6. The van der Waals surface area contributed by atoms with Crippen LogP contribution in [0, 0.1) is 6.92 Å². The first-order valence-corrected chi connectivity index (χ1v) is 8.62. The molecule has 1 amide bonds. The third-order valence-electron chi connectivity index (χ3n) is 4.79. The van der Waals surface area contributed by atoms with Gasteiger partial charge in [-0.05, 0) is 55.5 Å². The summed E-state index contributed by atoms with van der Waals surface area (Å²) in [6, 6.07) is 10.4. The number of methoxy groups -OCH3 is 1. The molecule has 1 aromatic heterocycles. The van der Waals surface area contributed by atoms with Crippen LogP contribution >= 0.6 is 0 Å². The number of likely N-dealkylation sites (tertiary alicyclic amines) is 1. The van der Waals surface area contributed by atoms with E-state index in [-0.39, 0.29) is 5.91 Å². The molecule has 4 nitrogen and oxygen atoms in total. The van der Waals surface area contributed by atoms with E-state index >= 15 is 0 Å². The first kappa shape index (κ1) is 16.6. The minimum atomic E-state index is 0.235. The van der Waals surface area contributed by atoms with Crippen molar-refractivity contribution in [3.8, 4) is 5.75 Å². The van der Waals surface area contributed by atoms with E-state index in [1.54, 1.807) is 13.4 Å².